The highest BCUT2D eigenvalue weighted by Crippen LogP contribution is 2.40. The Balaban J connectivity index is 1.76. The summed E-state index contributed by atoms with van der Waals surface area (Å²) in [5.74, 6) is -0.431. The van der Waals surface area contributed by atoms with Crippen LogP contribution < -0.4 is 5.32 Å². The molecule has 6 heteroatoms. The summed E-state index contributed by atoms with van der Waals surface area (Å²) in [6.07, 6.45) is 2.91. The van der Waals surface area contributed by atoms with Crippen molar-refractivity contribution >= 4 is 40.0 Å². The molecule has 1 aromatic carbocycles. The van der Waals surface area contributed by atoms with Gasteiger partial charge in [0, 0.05) is 9.77 Å². The number of carbonyl (C=O) groups is 2. The lowest BCUT2D eigenvalue weighted by Crippen LogP contribution is -2.23. The first-order valence-corrected chi connectivity index (χ1v) is 10.1. The molecular formula is C19H21NO3S2. The third-order valence-electron chi connectivity index (χ3n) is 4.06. The molecule has 2 aromatic rings. The summed E-state index contributed by atoms with van der Waals surface area (Å²) in [6.45, 7) is 4.00. The zero-order chi connectivity index (χ0) is 17.8. The Kier molecular flexibility index (Phi) is 5.81. The number of thiophene rings is 1. The molecule has 0 spiro atoms. The van der Waals surface area contributed by atoms with E-state index >= 15 is 0 Å². The van der Waals surface area contributed by atoms with Gasteiger partial charge in [-0.2, -0.15) is 0 Å². The maximum Gasteiger partial charge on any atom is 0.341 e. The number of fused-ring (bicyclic) bond motifs is 1. The molecule has 0 unspecified atom stereocenters. The summed E-state index contributed by atoms with van der Waals surface area (Å²) in [7, 11) is 0. The summed E-state index contributed by atoms with van der Waals surface area (Å²) in [4.78, 5) is 27.2. The summed E-state index contributed by atoms with van der Waals surface area (Å²) >= 11 is 3.02. The maximum absolute atomic E-state index is 12.6. The second kappa shape index (κ2) is 8.06. The molecule has 1 heterocycles. The summed E-state index contributed by atoms with van der Waals surface area (Å²) in [6, 6.07) is 9.83. The van der Waals surface area contributed by atoms with Crippen LogP contribution in [0.3, 0.4) is 0 Å². The van der Waals surface area contributed by atoms with Gasteiger partial charge in [0.2, 0.25) is 5.91 Å². The van der Waals surface area contributed by atoms with Crippen LogP contribution in [0.15, 0.2) is 35.2 Å². The number of rotatable bonds is 6. The summed E-state index contributed by atoms with van der Waals surface area (Å²) in [5, 5.41) is 3.34. The highest BCUT2D eigenvalue weighted by molar-refractivity contribution is 8.00. The molecule has 25 heavy (non-hydrogen) atoms. The number of anilines is 1. The Bertz CT molecular complexity index is 770. The number of ether oxygens (including phenoxy) is 1. The molecule has 1 atom stereocenters. The number of hydrogen-bond donors (Lipinski definition) is 1. The Morgan fingerprint density at radius 2 is 2.04 bits per heavy atom. The fourth-order valence-corrected chi connectivity index (χ4v) is 5.05. The van der Waals surface area contributed by atoms with Gasteiger partial charge in [0.15, 0.2) is 0 Å². The van der Waals surface area contributed by atoms with Crippen LogP contribution in [0.2, 0.25) is 0 Å². The Hall–Kier alpha value is -1.79. The van der Waals surface area contributed by atoms with Crippen molar-refractivity contribution in [2.75, 3.05) is 11.9 Å². The van der Waals surface area contributed by atoms with Crippen molar-refractivity contribution in [3.05, 3.63) is 46.3 Å². The summed E-state index contributed by atoms with van der Waals surface area (Å²) in [5.41, 5.74) is 1.62. The van der Waals surface area contributed by atoms with E-state index in [1.54, 1.807) is 6.92 Å². The minimum absolute atomic E-state index is 0.0978. The van der Waals surface area contributed by atoms with Crippen LogP contribution >= 0.6 is 23.1 Å². The number of amides is 1. The van der Waals surface area contributed by atoms with Crippen LogP contribution in [0, 0.1) is 0 Å². The molecule has 3 rings (SSSR count). The molecule has 0 saturated heterocycles. The SMILES string of the molecule is CCOC(=O)c1c(NC(=O)[C@H](C)Sc2ccccc2)sc2c1CCC2. The number of hydrogen-bond acceptors (Lipinski definition) is 5. The fourth-order valence-electron chi connectivity index (χ4n) is 2.88. The number of benzene rings is 1. The molecular weight excluding hydrogens is 354 g/mol. The molecule has 0 fully saturated rings. The Morgan fingerprint density at radius 3 is 2.76 bits per heavy atom. The number of thioether (sulfide) groups is 1. The normalized spacial score (nSPS) is 14.0. The third kappa shape index (κ3) is 4.07. The molecule has 1 N–H and O–H groups in total. The molecule has 0 bridgehead atoms. The van der Waals surface area contributed by atoms with Gasteiger partial charge >= 0.3 is 5.97 Å². The first-order chi connectivity index (χ1) is 12.1. The topological polar surface area (TPSA) is 55.4 Å². The maximum atomic E-state index is 12.6. The van der Waals surface area contributed by atoms with E-state index in [9.17, 15) is 9.59 Å². The monoisotopic (exact) mass is 375 g/mol. The van der Waals surface area contributed by atoms with E-state index in [0.717, 1.165) is 29.7 Å². The van der Waals surface area contributed by atoms with E-state index in [1.165, 1.54) is 28.0 Å². The van der Waals surface area contributed by atoms with Gasteiger partial charge in [0.05, 0.1) is 17.4 Å². The molecule has 1 aliphatic rings. The number of aryl methyl sites for hydroxylation is 1. The van der Waals surface area contributed by atoms with Crippen LogP contribution in [-0.4, -0.2) is 23.7 Å². The van der Waals surface area contributed by atoms with Crippen LogP contribution in [0.5, 0.6) is 0 Å². The molecule has 0 radical (unpaired) electrons. The standard InChI is InChI=1S/C19H21NO3S2/c1-3-23-19(22)16-14-10-7-11-15(14)25-18(16)20-17(21)12(2)24-13-8-5-4-6-9-13/h4-6,8-9,12H,3,7,10-11H2,1-2H3,(H,20,21)/t12-/m0/s1. The smallest absolute Gasteiger partial charge is 0.341 e. The van der Waals surface area contributed by atoms with Gasteiger partial charge in [-0.1, -0.05) is 18.2 Å². The number of carbonyl (C=O) groups excluding carboxylic acids is 2. The third-order valence-corrected chi connectivity index (χ3v) is 6.38. The van der Waals surface area contributed by atoms with E-state index < -0.39 is 0 Å². The minimum atomic E-state index is -0.333. The average Bonchev–Trinajstić information content (AvgIpc) is 3.16. The van der Waals surface area contributed by atoms with Gasteiger partial charge in [-0.05, 0) is 50.8 Å². The van der Waals surface area contributed by atoms with Gasteiger partial charge in [0.25, 0.3) is 0 Å². The van der Waals surface area contributed by atoms with Crippen LogP contribution in [0.25, 0.3) is 0 Å². The van der Waals surface area contributed by atoms with Crippen molar-refractivity contribution in [2.24, 2.45) is 0 Å². The molecule has 132 valence electrons. The van der Waals surface area contributed by atoms with Crippen LogP contribution in [0.4, 0.5) is 5.00 Å². The van der Waals surface area contributed by atoms with Gasteiger partial charge in [-0.3, -0.25) is 4.79 Å². The summed E-state index contributed by atoms with van der Waals surface area (Å²) < 4.78 is 5.20. The quantitative estimate of drug-likeness (QED) is 0.595. The minimum Gasteiger partial charge on any atom is -0.462 e. The van der Waals surface area contributed by atoms with Crippen LogP contribution in [-0.2, 0) is 22.4 Å². The van der Waals surface area contributed by atoms with E-state index in [-0.39, 0.29) is 17.1 Å². The molecule has 1 aromatic heterocycles. The van der Waals surface area contributed by atoms with E-state index in [4.69, 9.17) is 4.74 Å². The fraction of sp³-hybridized carbons (Fsp3) is 0.368. The van der Waals surface area contributed by atoms with Crippen molar-refractivity contribution in [2.45, 2.75) is 43.3 Å². The Labute approximate surface area is 156 Å². The van der Waals surface area contributed by atoms with Crippen molar-refractivity contribution in [1.29, 1.82) is 0 Å². The van der Waals surface area contributed by atoms with E-state index in [0.29, 0.717) is 17.2 Å². The van der Waals surface area contributed by atoms with Gasteiger partial charge < -0.3 is 10.1 Å². The first-order valence-electron chi connectivity index (χ1n) is 8.44. The zero-order valence-electron chi connectivity index (χ0n) is 14.3. The van der Waals surface area contributed by atoms with Gasteiger partial charge in [0.1, 0.15) is 5.00 Å². The highest BCUT2D eigenvalue weighted by Gasteiger charge is 2.29. The average molecular weight is 376 g/mol. The number of nitrogens with one attached hydrogen (secondary N) is 1. The Morgan fingerprint density at radius 1 is 1.28 bits per heavy atom. The largest absolute Gasteiger partial charge is 0.462 e. The molecule has 0 aliphatic heterocycles. The number of esters is 1. The zero-order valence-corrected chi connectivity index (χ0v) is 16.0. The molecule has 0 saturated carbocycles. The van der Waals surface area contributed by atoms with Crippen molar-refractivity contribution < 1.29 is 14.3 Å². The molecule has 1 amide bonds. The predicted molar refractivity (Wildman–Crippen MR) is 103 cm³/mol. The second-order valence-electron chi connectivity index (χ2n) is 5.84. The molecule has 1 aliphatic carbocycles. The first kappa shape index (κ1) is 18.0. The lowest BCUT2D eigenvalue weighted by atomic mass is 10.1. The van der Waals surface area contributed by atoms with E-state index in [2.05, 4.69) is 5.32 Å². The van der Waals surface area contributed by atoms with Crippen molar-refractivity contribution in [3.63, 3.8) is 0 Å². The van der Waals surface area contributed by atoms with Gasteiger partial charge in [-0.25, -0.2) is 4.79 Å². The highest BCUT2D eigenvalue weighted by atomic mass is 32.2. The van der Waals surface area contributed by atoms with Crippen molar-refractivity contribution in [3.8, 4) is 0 Å². The van der Waals surface area contributed by atoms with Gasteiger partial charge in [-0.15, -0.1) is 23.1 Å². The van der Waals surface area contributed by atoms with E-state index in [1.807, 2.05) is 37.3 Å². The molecule has 4 nitrogen and oxygen atoms in total. The second-order valence-corrected chi connectivity index (χ2v) is 8.36. The van der Waals surface area contributed by atoms with Crippen LogP contribution in [0.1, 0.15) is 41.1 Å². The van der Waals surface area contributed by atoms with Crippen molar-refractivity contribution in [1.82, 2.24) is 0 Å². The lowest BCUT2D eigenvalue weighted by Gasteiger charge is -2.12. The lowest BCUT2D eigenvalue weighted by molar-refractivity contribution is -0.115. The predicted octanol–water partition coefficient (Wildman–Crippen LogP) is 4.53.